The molecular formula is C18H26N4. The highest BCUT2D eigenvalue weighted by Gasteiger charge is 2.20. The Bertz CT molecular complexity index is 559. The first-order chi connectivity index (χ1) is 10.7. The van der Waals surface area contributed by atoms with Crippen LogP contribution in [0.3, 0.4) is 0 Å². The number of likely N-dealkylation sites (tertiary alicyclic amines) is 1. The second-order valence-corrected chi connectivity index (χ2v) is 6.58. The molecule has 0 amide bonds. The van der Waals surface area contributed by atoms with E-state index in [2.05, 4.69) is 64.6 Å². The maximum atomic E-state index is 4.03. The maximum absolute atomic E-state index is 4.03. The van der Waals surface area contributed by atoms with E-state index >= 15 is 0 Å². The molecule has 0 aliphatic carbocycles. The molecule has 2 N–H and O–H groups in total. The molecule has 1 saturated heterocycles. The van der Waals surface area contributed by atoms with Crippen LogP contribution in [0, 0.1) is 0 Å². The Balaban J connectivity index is 1.55. The Morgan fingerprint density at radius 2 is 2.09 bits per heavy atom. The van der Waals surface area contributed by atoms with Gasteiger partial charge in [0.05, 0.1) is 0 Å². The monoisotopic (exact) mass is 298 g/mol. The van der Waals surface area contributed by atoms with Crippen molar-refractivity contribution < 1.29 is 0 Å². The lowest BCUT2D eigenvalue weighted by Crippen LogP contribution is -2.41. The number of hydrogen-bond acceptors (Lipinski definition) is 3. The number of aromatic amines is 1. The minimum absolute atomic E-state index is 0.529. The fraction of sp³-hybridized carbons (Fsp3) is 0.500. The number of H-pyrrole nitrogens is 1. The average molecular weight is 298 g/mol. The molecular weight excluding hydrogens is 272 g/mol. The molecule has 4 heteroatoms. The Hall–Kier alpha value is -1.81. The summed E-state index contributed by atoms with van der Waals surface area (Å²) in [4.78, 5) is 2.50. The van der Waals surface area contributed by atoms with Crippen molar-refractivity contribution in [1.82, 2.24) is 15.1 Å². The number of piperidine rings is 1. The Kier molecular flexibility index (Phi) is 4.78. The smallest absolute Gasteiger partial charge is 0.0492 e. The van der Waals surface area contributed by atoms with Gasteiger partial charge in [0.1, 0.15) is 0 Å². The zero-order chi connectivity index (χ0) is 15.4. The van der Waals surface area contributed by atoms with E-state index in [9.17, 15) is 0 Å². The summed E-state index contributed by atoms with van der Waals surface area (Å²) in [5.41, 5.74) is 3.83. The third kappa shape index (κ3) is 3.89. The van der Waals surface area contributed by atoms with Gasteiger partial charge in [-0.15, -0.1) is 0 Å². The number of rotatable bonds is 5. The number of benzene rings is 1. The van der Waals surface area contributed by atoms with E-state index in [1.165, 1.54) is 36.3 Å². The molecule has 1 atom stereocenters. The lowest BCUT2D eigenvalue weighted by atomic mass is 10.0. The Labute approximate surface area is 132 Å². The molecule has 0 spiro atoms. The van der Waals surface area contributed by atoms with Gasteiger partial charge < -0.3 is 5.32 Å². The molecule has 2 aromatic rings. The zero-order valence-corrected chi connectivity index (χ0v) is 13.5. The van der Waals surface area contributed by atoms with Crippen LogP contribution < -0.4 is 5.32 Å². The first kappa shape index (κ1) is 15.1. The molecule has 118 valence electrons. The van der Waals surface area contributed by atoms with Crippen LogP contribution in [0.25, 0.3) is 0 Å². The number of hydrogen-bond donors (Lipinski definition) is 2. The summed E-state index contributed by atoms with van der Waals surface area (Å²) in [5.74, 6) is 0.591. The van der Waals surface area contributed by atoms with Crippen LogP contribution in [0.2, 0.25) is 0 Å². The average Bonchev–Trinajstić information content (AvgIpc) is 3.01. The highest BCUT2D eigenvalue weighted by molar-refractivity contribution is 5.46. The summed E-state index contributed by atoms with van der Waals surface area (Å²) in [6.07, 6.45) is 4.31. The van der Waals surface area contributed by atoms with Gasteiger partial charge in [0.15, 0.2) is 0 Å². The molecule has 3 rings (SSSR count). The number of nitrogens with zero attached hydrogens (tertiary/aromatic N) is 2. The molecule has 0 saturated carbocycles. The topological polar surface area (TPSA) is 44.0 Å². The SMILES string of the molecule is CC(C)c1ccc(NC2CCCN(Cc3ccn[nH]3)C2)cc1. The summed E-state index contributed by atoms with van der Waals surface area (Å²) >= 11 is 0. The molecule has 1 aromatic heterocycles. The van der Waals surface area contributed by atoms with Crippen molar-refractivity contribution >= 4 is 5.69 Å². The Morgan fingerprint density at radius 1 is 1.27 bits per heavy atom. The summed E-state index contributed by atoms with van der Waals surface area (Å²) in [6, 6.07) is 11.5. The van der Waals surface area contributed by atoms with Crippen molar-refractivity contribution in [2.24, 2.45) is 0 Å². The Morgan fingerprint density at radius 3 is 2.77 bits per heavy atom. The van der Waals surface area contributed by atoms with Gasteiger partial charge >= 0.3 is 0 Å². The first-order valence-electron chi connectivity index (χ1n) is 8.28. The van der Waals surface area contributed by atoms with Crippen molar-refractivity contribution in [2.45, 2.75) is 45.2 Å². The van der Waals surface area contributed by atoms with Gasteiger partial charge in [-0.3, -0.25) is 10.00 Å². The fourth-order valence-corrected chi connectivity index (χ4v) is 3.13. The summed E-state index contributed by atoms with van der Waals surface area (Å²) < 4.78 is 0. The van der Waals surface area contributed by atoms with E-state index in [0.717, 1.165) is 13.1 Å². The minimum atomic E-state index is 0.529. The molecule has 1 unspecified atom stereocenters. The number of aromatic nitrogens is 2. The van der Waals surface area contributed by atoms with Crippen LogP contribution in [0.1, 0.15) is 43.9 Å². The summed E-state index contributed by atoms with van der Waals surface area (Å²) in [6.45, 7) is 7.69. The molecule has 0 bridgehead atoms. The lowest BCUT2D eigenvalue weighted by Gasteiger charge is -2.33. The molecule has 2 heterocycles. The standard InChI is InChI=1S/C18H26N4/c1-14(2)15-5-7-16(8-6-15)20-17-4-3-11-22(12-17)13-18-9-10-19-21-18/h5-10,14,17,20H,3-4,11-13H2,1-2H3,(H,19,21). The van der Waals surface area contributed by atoms with Gasteiger partial charge in [0, 0.05) is 36.7 Å². The van der Waals surface area contributed by atoms with Crippen LogP contribution >= 0.6 is 0 Å². The lowest BCUT2D eigenvalue weighted by molar-refractivity contribution is 0.206. The van der Waals surface area contributed by atoms with Gasteiger partial charge in [-0.2, -0.15) is 5.10 Å². The predicted molar refractivity (Wildman–Crippen MR) is 91.0 cm³/mol. The highest BCUT2D eigenvalue weighted by Crippen LogP contribution is 2.20. The van der Waals surface area contributed by atoms with Gasteiger partial charge in [-0.25, -0.2) is 0 Å². The third-order valence-corrected chi connectivity index (χ3v) is 4.41. The normalized spacial score (nSPS) is 19.5. The minimum Gasteiger partial charge on any atom is -0.381 e. The van der Waals surface area contributed by atoms with Crippen LogP contribution in [-0.2, 0) is 6.54 Å². The molecule has 0 radical (unpaired) electrons. The second-order valence-electron chi connectivity index (χ2n) is 6.58. The van der Waals surface area contributed by atoms with Crippen molar-refractivity contribution in [3.8, 4) is 0 Å². The van der Waals surface area contributed by atoms with Crippen LogP contribution in [0.5, 0.6) is 0 Å². The quantitative estimate of drug-likeness (QED) is 0.886. The predicted octanol–water partition coefficient (Wildman–Crippen LogP) is 3.61. The molecule has 4 nitrogen and oxygen atoms in total. The van der Waals surface area contributed by atoms with E-state index in [0.29, 0.717) is 12.0 Å². The molecule has 1 aliphatic rings. The van der Waals surface area contributed by atoms with Crippen molar-refractivity contribution in [3.63, 3.8) is 0 Å². The van der Waals surface area contributed by atoms with E-state index < -0.39 is 0 Å². The van der Waals surface area contributed by atoms with Gasteiger partial charge in [0.2, 0.25) is 0 Å². The largest absolute Gasteiger partial charge is 0.381 e. The van der Waals surface area contributed by atoms with E-state index in [1.54, 1.807) is 0 Å². The molecule has 1 aromatic carbocycles. The number of nitrogens with one attached hydrogen (secondary N) is 2. The molecule has 22 heavy (non-hydrogen) atoms. The van der Waals surface area contributed by atoms with Crippen LogP contribution in [0.4, 0.5) is 5.69 Å². The van der Waals surface area contributed by atoms with Gasteiger partial charge in [-0.05, 0) is 49.1 Å². The van der Waals surface area contributed by atoms with Gasteiger partial charge in [-0.1, -0.05) is 26.0 Å². The number of anilines is 1. The van der Waals surface area contributed by atoms with Crippen molar-refractivity contribution in [1.29, 1.82) is 0 Å². The first-order valence-corrected chi connectivity index (χ1v) is 8.28. The van der Waals surface area contributed by atoms with Crippen LogP contribution in [-0.4, -0.2) is 34.2 Å². The second kappa shape index (κ2) is 6.97. The van der Waals surface area contributed by atoms with E-state index in [-0.39, 0.29) is 0 Å². The molecule has 1 aliphatic heterocycles. The van der Waals surface area contributed by atoms with Crippen molar-refractivity contribution in [2.75, 3.05) is 18.4 Å². The van der Waals surface area contributed by atoms with Crippen molar-refractivity contribution in [3.05, 3.63) is 47.8 Å². The van der Waals surface area contributed by atoms with Gasteiger partial charge in [0.25, 0.3) is 0 Å². The summed E-state index contributed by atoms with van der Waals surface area (Å²) in [5, 5.41) is 10.8. The highest BCUT2D eigenvalue weighted by atomic mass is 15.2. The molecule has 1 fully saturated rings. The fourth-order valence-electron chi connectivity index (χ4n) is 3.13. The third-order valence-electron chi connectivity index (χ3n) is 4.41. The van der Waals surface area contributed by atoms with Crippen LogP contribution in [0.15, 0.2) is 36.5 Å². The van der Waals surface area contributed by atoms with E-state index in [4.69, 9.17) is 0 Å². The zero-order valence-electron chi connectivity index (χ0n) is 13.5. The maximum Gasteiger partial charge on any atom is 0.0492 e. The van der Waals surface area contributed by atoms with E-state index in [1.807, 2.05) is 6.20 Å². The summed E-state index contributed by atoms with van der Waals surface area (Å²) in [7, 11) is 0.